The van der Waals surface area contributed by atoms with Crippen LogP contribution in [0.1, 0.15) is 23.3 Å². The molecule has 1 aliphatic heterocycles. The average Bonchev–Trinajstić information content (AvgIpc) is 2.81. The van der Waals surface area contributed by atoms with E-state index in [0.29, 0.717) is 13.2 Å². The van der Waals surface area contributed by atoms with Crippen LogP contribution in [0.4, 0.5) is 0 Å². The predicted molar refractivity (Wildman–Crippen MR) is 73.6 cm³/mol. The van der Waals surface area contributed by atoms with Crippen molar-refractivity contribution in [2.24, 2.45) is 0 Å². The van der Waals surface area contributed by atoms with Crippen molar-refractivity contribution in [2.75, 3.05) is 13.2 Å². The highest BCUT2D eigenvalue weighted by Crippen LogP contribution is 2.21. The highest BCUT2D eigenvalue weighted by atomic mass is 32.1. The highest BCUT2D eigenvalue weighted by Gasteiger charge is 2.25. The molecule has 0 aromatic carbocycles. The first kappa shape index (κ1) is 13.3. The minimum atomic E-state index is -0.00361. The lowest BCUT2D eigenvalue weighted by Gasteiger charge is -2.33. The Balaban J connectivity index is 2.12. The van der Waals surface area contributed by atoms with Crippen molar-refractivity contribution in [3.63, 3.8) is 0 Å². The maximum Gasteiger partial charge on any atom is 0.246 e. The summed E-state index contributed by atoms with van der Waals surface area (Å²) < 4.78 is 5.48. The maximum atomic E-state index is 12.0. The second-order valence-corrected chi connectivity index (χ2v) is 5.66. The summed E-state index contributed by atoms with van der Waals surface area (Å²) >= 11 is 1.72. The minimum Gasteiger partial charge on any atom is -0.379 e. The van der Waals surface area contributed by atoms with Crippen LogP contribution in [-0.4, -0.2) is 30.1 Å². The third-order valence-electron chi connectivity index (χ3n) is 3.34. The molecule has 1 atom stereocenters. The van der Waals surface area contributed by atoms with Crippen molar-refractivity contribution in [2.45, 2.75) is 32.4 Å². The van der Waals surface area contributed by atoms with E-state index in [1.807, 2.05) is 4.90 Å². The molecule has 3 nitrogen and oxygen atoms in total. The van der Waals surface area contributed by atoms with E-state index in [1.54, 1.807) is 11.3 Å². The van der Waals surface area contributed by atoms with Crippen LogP contribution in [0.2, 0.25) is 0 Å². The first-order valence-electron chi connectivity index (χ1n) is 6.26. The summed E-state index contributed by atoms with van der Waals surface area (Å²) in [5, 5.41) is 2.07. The standard InChI is InChI=1S/C14H19NO2S/c1-3-14(16)15(13-5-4-7-17-10-13)9-12-6-8-18-11(12)2/h3,6,8,13H,1,4-5,7,9-10H2,2H3/t13-/m1/s1. The van der Waals surface area contributed by atoms with Crippen molar-refractivity contribution >= 4 is 17.2 Å². The van der Waals surface area contributed by atoms with Gasteiger partial charge in [-0.05, 0) is 42.9 Å². The topological polar surface area (TPSA) is 29.5 Å². The molecule has 1 aromatic rings. The van der Waals surface area contributed by atoms with Gasteiger partial charge < -0.3 is 9.64 Å². The van der Waals surface area contributed by atoms with Crippen LogP contribution in [0.25, 0.3) is 0 Å². The van der Waals surface area contributed by atoms with Gasteiger partial charge in [0.25, 0.3) is 0 Å². The van der Waals surface area contributed by atoms with Crippen LogP contribution in [0.3, 0.4) is 0 Å². The van der Waals surface area contributed by atoms with E-state index in [1.165, 1.54) is 16.5 Å². The van der Waals surface area contributed by atoms with Crippen molar-refractivity contribution in [1.82, 2.24) is 4.90 Å². The Morgan fingerprint density at radius 3 is 3.11 bits per heavy atom. The number of carbonyl (C=O) groups excluding carboxylic acids is 1. The first-order chi connectivity index (χ1) is 8.72. The number of hydrogen-bond acceptors (Lipinski definition) is 3. The highest BCUT2D eigenvalue weighted by molar-refractivity contribution is 7.10. The molecule has 1 fully saturated rings. The van der Waals surface area contributed by atoms with Gasteiger partial charge >= 0.3 is 0 Å². The summed E-state index contributed by atoms with van der Waals surface area (Å²) in [5.41, 5.74) is 1.22. The molecular formula is C14H19NO2S. The van der Waals surface area contributed by atoms with Crippen LogP contribution in [-0.2, 0) is 16.1 Å². The average molecular weight is 265 g/mol. The van der Waals surface area contributed by atoms with Gasteiger partial charge in [-0.15, -0.1) is 11.3 Å². The van der Waals surface area contributed by atoms with Gasteiger partial charge in [0, 0.05) is 18.0 Å². The lowest BCUT2D eigenvalue weighted by Crippen LogP contribution is -2.43. The molecule has 1 amide bonds. The molecule has 98 valence electrons. The summed E-state index contributed by atoms with van der Waals surface area (Å²) in [7, 11) is 0. The van der Waals surface area contributed by atoms with Gasteiger partial charge in [-0.25, -0.2) is 0 Å². The fourth-order valence-corrected chi connectivity index (χ4v) is 2.95. The van der Waals surface area contributed by atoms with Crippen LogP contribution in [0.15, 0.2) is 24.1 Å². The van der Waals surface area contributed by atoms with Gasteiger partial charge in [0.2, 0.25) is 5.91 Å². The van der Waals surface area contributed by atoms with Crippen molar-refractivity contribution in [3.05, 3.63) is 34.5 Å². The number of carbonyl (C=O) groups is 1. The number of nitrogens with zero attached hydrogens (tertiary/aromatic N) is 1. The van der Waals surface area contributed by atoms with E-state index in [2.05, 4.69) is 24.9 Å². The zero-order chi connectivity index (χ0) is 13.0. The van der Waals surface area contributed by atoms with Gasteiger partial charge in [-0.2, -0.15) is 0 Å². The van der Waals surface area contributed by atoms with Gasteiger partial charge in [-0.1, -0.05) is 6.58 Å². The summed E-state index contributed by atoms with van der Waals surface area (Å²) in [6, 6.07) is 2.27. The Hall–Kier alpha value is -1.13. The van der Waals surface area contributed by atoms with Crippen molar-refractivity contribution in [3.8, 4) is 0 Å². The first-order valence-corrected chi connectivity index (χ1v) is 7.14. The van der Waals surface area contributed by atoms with Gasteiger partial charge in [0.05, 0.1) is 12.6 Å². The van der Waals surface area contributed by atoms with Gasteiger partial charge in [-0.3, -0.25) is 4.79 Å². The number of rotatable bonds is 4. The molecule has 0 saturated carbocycles. The van der Waals surface area contributed by atoms with E-state index in [-0.39, 0.29) is 11.9 Å². The van der Waals surface area contributed by atoms with E-state index in [0.717, 1.165) is 19.4 Å². The fourth-order valence-electron chi connectivity index (χ4n) is 2.23. The van der Waals surface area contributed by atoms with E-state index in [9.17, 15) is 4.79 Å². The Labute approximate surface area is 112 Å². The van der Waals surface area contributed by atoms with Crippen LogP contribution in [0.5, 0.6) is 0 Å². The van der Waals surface area contributed by atoms with Crippen LogP contribution < -0.4 is 0 Å². The second kappa shape index (κ2) is 6.16. The Bertz CT molecular complexity index is 421. The van der Waals surface area contributed by atoms with Crippen LogP contribution in [0, 0.1) is 6.92 Å². The number of ether oxygens (including phenoxy) is 1. The molecule has 18 heavy (non-hydrogen) atoms. The number of thiophene rings is 1. The summed E-state index contributed by atoms with van der Waals surface area (Å²) in [4.78, 5) is 15.2. The largest absolute Gasteiger partial charge is 0.379 e. The van der Waals surface area contributed by atoms with E-state index >= 15 is 0 Å². The summed E-state index contributed by atoms with van der Waals surface area (Å²) in [5.74, 6) is -0.00361. The third-order valence-corrected chi connectivity index (χ3v) is 4.23. The quantitative estimate of drug-likeness (QED) is 0.783. The molecule has 1 saturated heterocycles. The Morgan fingerprint density at radius 2 is 2.56 bits per heavy atom. The zero-order valence-electron chi connectivity index (χ0n) is 10.7. The van der Waals surface area contributed by atoms with E-state index < -0.39 is 0 Å². The lowest BCUT2D eigenvalue weighted by molar-refractivity contribution is -0.131. The molecule has 1 aromatic heterocycles. The van der Waals surface area contributed by atoms with Crippen molar-refractivity contribution in [1.29, 1.82) is 0 Å². The summed E-state index contributed by atoms with van der Waals surface area (Å²) in [6.45, 7) is 7.80. The molecule has 0 radical (unpaired) electrons. The molecule has 4 heteroatoms. The van der Waals surface area contributed by atoms with Crippen molar-refractivity contribution < 1.29 is 9.53 Å². The number of aryl methyl sites for hydroxylation is 1. The smallest absolute Gasteiger partial charge is 0.246 e. The summed E-state index contributed by atoms with van der Waals surface area (Å²) in [6.07, 6.45) is 3.44. The zero-order valence-corrected chi connectivity index (χ0v) is 11.5. The monoisotopic (exact) mass is 265 g/mol. The Morgan fingerprint density at radius 1 is 1.72 bits per heavy atom. The maximum absolute atomic E-state index is 12.0. The van der Waals surface area contributed by atoms with Gasteiger partial charge in [0.15, 0.2) is 0 Å². The molecule has 0 unspecified atom stereocenters. The third kappa shape index (κ3) is 3.00. The lowest BCUT2D eigenvalue weighted by atomic mass is 10.1. The SMILES string of the molecule is C=CC(=O)N(Cc1ccsc1C)[C@@H]1CCCOC1. The Kier molecular flexibility index (Phi) is 4.55. The molecule has 2 rings (SSSR count). The van der Waals surface area contributed by atoms with Gasteiger partial charge in [0.1, 0.15) is 0 Å². The predicted octanol–water partition coefficient (Wildman–Crippen LogP) is 2.75. The van der Waals surface area contributed by atoms with Crippen LogP contribution >= 0.6 is 11.3 Å². The van der Waals surface area contributed by atoms with E-state index in [4.69, 9.17) is 4.74 Å². The minimum absolute atomic E-state index is 0.00361. The molecule has 1 aliphatic rings. The second-order valence-electron chi connectivity index (χ2n) is 4.54. The molecule has 0 aliphatic carbocycles. The molecule has 0 N–H and O–H groups in total. The molecular weight excluding hydrogens is 246 g/mol. The molecule has 2 heterocycles. The molecule has 0 bridgehead atoms. The number of hydrogen-bond donors (Lipinski definition) is 0. The fraction of sp³-hybridized carbons (Fsp3) is 0.500. The normalized spacial score (nSPS) is 19.5. The molecule has 0 spiro atoms. The number of amides is 1.